The number of nitrogens with zero attached hydrogens (tertiary/aromatic N) is 1. The van der Waals surface area contributed by atoms with Gasteiger partial charge in [0.25, 0.3) is 5.91 Å². The summed E-state index contributed by atoms with van der Waals surface area (Å²) in [5, 5.41) is 1.03. The Balaban J connectivity index is 0.000000347. The number of amides is 1. The van der Waals surface area contributed by atoms with Crippen LogP contribution in [-0.4, -0.2) is 30.5 Å². The number of rotatable bonds is 6. The van der Waals surface area contributed by atoms with Crippen molar-refractivity contribution < 1.29 is 9.53 Å². The lowest BCUT2D eigenvalue weighted by Crippen LogP contribution is -2.63. The topological polar surface area (TPSA) is 29.5 Å². The van der Waals surface area contributed by atoms with Crippen molar-refractivity contribution in [2.24, 2.45) is 11.3 Å². The molecule has 4 heteroatoms. The standard InChI is InChI=1S/C21H28NO2P.C9H12.C2H6/c1-5-24-19-9-17(25)6-7-18(19)20(23)22-12-21(13-22)10-16(11-21)15(4)8-14(2)3;1-3-9-7-5-4-6-8(9)2;1-2/h6-9,16H,2,5,10-13,25H2,1,3-4H3;4-7H,3H2,1-2H3;1-2H3/b15-8+;;. The smallest absolute Gasteiger partial charge is 0.257 e. The van der Waals surface area contributed by atoms with Gasteiger partial charge in [-0.25, -0.2) is 0 Å². The molecule has 1 saturated carbocycles. The van der Waals surface area contributed by atoms with E-state index in [4.69, 9.17) is 4.74 Å². The van der Waals surface area contributed by atoms with Crippen molar-refractivity contribution >= 4 is 20.5 Å². The van der Waals surface area contributed by atoms with Gasteiger partial charge in [0.2, 0.25) is 0 Å². The monoisotopic (exact) mass is 507 g/mol. The van der Waals surface area contributed by atoms with Crippen LogP contribution in [0.2, 0.25) is 0 Å². The largest absolute Gasteiger partial charge is 0.493 e. The highest BCUT2D eigenvalue weighted by atomic mass is 31.0. The van der Waals surface area contributed by atoms with Crippen LogP contribution in [0.1, 0.15) is 75.9 Å². The SMILES string of the molecule is C=C(C)/C=C(\C)C1CC2(C1)CN(C(=O)c1ccc(P)cc1OCC)C2.CC.CCc1ccccc1C. The number of aryl methyl sites for hydroxylation is 2. The van der Waals surface area contributed by atoms with Gasteiger partial charge in [-0.2, -0.15) is 0 Å². The van der Waals surface area contributed by atoms with Gasteiger partial charge in [0.05, 0.1) is 12.2 Å². The van der Waals surface area contributed by atoms with Crippen LogP contribution in [0.3, 0.4) is 0 Å². The summed E-state index contributed by atoms with van der Waals surface area (Å²) in [5.41, 5.74) is 6.42. The lowest BCUT2D eigenvalue weighted by molar-refractivity contribution is -0.0665. The number of ether oxygens (including phenoxy) is 1. The molecule has 1 amide bonds. The zero-order valence-corrected chi connectivity index (χ0v) is 24.6. The van der Waals surface area contributed by atoms with Gasteiger partial charge in [-0.15, -0.1) is 9.24 Å². The second kappa shape index (κ2) is 13.8. The molecule has 1 heterocycles. The highest BCUT2D eigenvalue weighted by Crippen LogP contribution is 2.54. The second-order valence-corrected chi connectivity index (χ2v) is 10.6. The average Bonchev–Trinajstić information content (AvgIpc) is 2.79. The molecule has 1 saturated heterocycles. The number of allylic oxidation sites excluding steroid dienone is 3. The van der Waals surface area contributed by atoms with Gasteiger partial charge in [-0.05, 0) is 81.4 Å². The molecule has 2 fully saturated rings. The Morgan fingerprint density at radius 1 is 1.14 bits per heavy atom. The Morgan fingerprint density at radius 2 is 1.78 bits per heavy atom. The quantitative estimate of drug-likeness (QED) is 0.298. The van der Waals surface area contributed by atoms with E-state index in [0.29, 0.717) is 29.3 Å². The van der Waals surface area contributed by atoms with Gasteiger partial charge < -0.3 is 9.64 Å². The zero-order valence-electron chi connectivity index (χ0n) is 23.5. The maximum absolute atomic E-state index is 12.8. The lowest BCUT2D eigenvalue weighted by atomic mass is 9.56. The van der Waals surface area contributed by atoms with Crippen molar-refractivity contribution in [3.63, 3.8) is 0 Å². The molecule has 0 radical (unpaired) electrons. The third-order valence-electron chi connectivity index (χ3n) is 6.99. The third kappa shape index (κ3) is 7.56. The van der Waals surface area contributed by atoms with Crippen molar-refractivity contribution in [1.82, 2.24) is 4.90 Å². The summed E-state index contributed by atoms with van der Waals surface area (Å²) < 4.78 is 5.66. The fourth-order valence-corrected chi connectivity index (χ4v) is 5.39. The zero-order chi connectivity index (χ0) is 26.9. The van der Waals surface area contributed by atoms with Crippen LogP contribution in [0.4, 0.5) is 0 Å². The van der Waals surface area contributed by atoms with E-state index in [2.05, 4.69) is 66.9 Å². The number of likely N-dealkylation sites (tertiary alicyclic amines) is 1. The van der Waals surface area contributed by atoms with Gasteiger partial charge in [0.1, 0.15) is 5.75 Å². The van der Waals surface area contributed by atoms with Gasteiger partial charge in [0, 0.05) is 18.5 Å². The molecule has 0 aromatic heterocycles. The first kappa shape index (κ1) is 29.8. The molecule has 4 rings (SSSR count). The van der Waals surface area contributed by atoms with E-state index in [1.165, 1.54) is 29.5 Å². The molecule has 196 valence electrons. The Kier molecular flexibility index (Phi) is 11.4. The molecular formula is C32H46NO2P. The molecule has 2 aromatic carbocycles. The molecule has 0 bridgehead atoms. The van der Waals surface area contributed by atoms with Crippen molar-refractivity contribution in [3.05, 3.63) is 83.0 Å². The van der Waals surface area contributed by atoms with Crippen molar-refractivity contribution in [1.29, 1.82) is 0 Å². The number of carbonyl (C=O) groups excluding carboxylic acids is 1. The number of carbonyl (C=O) groups is 1. The molecule has 1 atom stereocenters. The Bertz CT molecular complexity index is 1060. The first-order valence-corrected chi connectivity index (χ1v) is 14.0. The van der Waals surface area contributed by atoms with Crippen LogP contribution in [0, 0.1) is 18.3 Å². The minimum absolute atomic E-state index is 0.0942. The summed E-state index contributed by atoms with van der Waals surface area (Å²) in [6, 6.07) is 14.2. The summed E-state index contributed by atoms with van der Waals surface area (Å²) >= 11 is 0. The molecule has 1 aliphatic heterocycles. The van der Waals surface area contributed by atoms with E-state index < -0.39 is 0 Å². The van der Waals surface area contributed by atoms with Crippen LogP contribution in [0.15, 0.2) is 66.3 Å². The molecule has 1 aliphatic carbocycles. The van der Waals surface area contributed by atoms with E-state index >= 15 is 0 Å². The molecule has 1 spiro atoms. The van der Waals surface area contributed by atoms with E-state index in [0.717, 1.165) is 30.4 Å². The van der Waals surface area contributed by atoms with E-state index in [1.807, 2.05) is 50.8 Å². The maximum atomic E-state index is 12.8. The maximum Gasteiger partial charge on any atom is 0.257 e. The molecule has 1 unspecified atom stereocenters. The summed E-state index contributed by atoms with van der Waals surface area (Å²) in [7, 11) is 2.65. The first-order chi connectivity index (χ1) is 17.2. The lowest BCUT2D eigenvalue weighted by Gasteiger charge is -2.59. The minimum atomic E-state index is 0.0942. The summed E-state index contributed by atoms with van der Waals surface area (Å²) in [6.07, 6.45) is 5.72. The van der Waals surface area contributed by atoms with Crippen LogP contribution in [0.25, 0.3) is 0 Å². The molecule has 36 heavy (non-hydrogen) atoms. The van der Waals surface area contributed by atoms with E-state index in [-0.39, 0.29) is 5.91 Å². The average molecular weight is 508 g/mol. The number of hydrogen-bond donors (Lipinski definition) is 0. The molecule has 3 nitrogen and oxygen atoms in total. The van der Waals surface area contributed by atoms with E-state index in [1.54, 1.807) is 0 Å². The molecule has 2 aliphatic rings. The second-order valence-electron chi connectivity index (χ2n) is 9.97. The summed E-state index contributed by atoms with van der Waals surface area (Å²) in [4.78, 5) is 14.8. The van der Waals surface area contributed by atoms with Crippen molar-refractivity contribution in [2.45, 2.75) is 67.7 Å². The first-order valence-electron chi connectivity index (χ1n) is 13.4. The summed E-state index contributed by atoms with van der Waals surface area (Å²) in [5.74, 6) is 1.44. The van der Waals surface area contributed by atoms with Crippen LogP contribution in [0.5, 0.6) is 5.75 Å². The fraction of sp³-hybridized carbons (Fsp3) is 0.469. The number of hydrogen-bond acceptors (Lipinski definition) is 2. The van der Waals surface area contributed by atoms with E-state index in [9.17, 15) is 4.79 Å². The van der Waals surface area contributed by atoms with Crippen LogP contribution < -0.4 is 10.0 Å². The Hall–Kier alpha value is -2.38. The highest BCUT2D eigenvalue weighted by Gasteiger charge is 2.53. The molecule has 0 N–H and O–H groups in total. The predicted molar refractivity (Wildman–Crippen MR) is 158 cm³/mol. The number of benzene rings is 2. The fourth-order valence-electron chi connectivity index (χ4n) is 5.15. The van der Waals surface area contributed by atoms with Crippen molar-refractivity contribution in [2.75, 3.05) is 19.7 Å². The third-order valence-corrected chi connectivity index (χ3v) is 7.35. The van der Waals surface area contributed by atoms with Gasteiger partial charge >= 0.3 is 0 Å². The highest BCUT2D eigenvalue weighted by molar-refractivity contribution is 7.27. The normalized spacial score (nSPS) is 16.0. The van der Waals surface area contributed by atoms with Gasteiger partial charge in [-0.3, -0.25) is 4.79 Å². The predicted octanol–water partition coefficient (Wildman–Crippen LogP) is 7.54. The van der Waals surface area contributed by atoms with Crippen LogP contribution >= 0.6 is 9.24 Å². The van der Waals surface area contributed by atoms with Crippen molar-refractivity contribution in [3.8, 4) is 5.75 Å². The Morgan fingerprint density at radius 3 is 2.31 bits per heavy atom. The molecule has 2 aromatic rings. The van der Waals surface area contributed by atoms with Gasteiger partial charge in [0.15, 0.2) is 0 Å². The minimum Gasteiger partial charge on any atom is -0.493 e. The van der Waals surface area contributed by atoms with Gasteiger partial charge in [-0.1, -0.05) is 74.9 Å². The van der Waals surface area contributed by atoms with Crippen LogP contribution in [-0.2, 0) is 6.42 Å². The Labute approximate surface area is 222 Å². The summed E-state index contributed by atoms with van der Waals surface area (Å²) in [6.45, 7) is 20.8. The molecular weight excluding hydrogens is 461 g/mol.